The summed E-state index contributed by atoms with van der Waals surface area (Å²) >= 11 is 3.42. The molecule has 0 aliphatic heterocycles. The number of carbonyl (C=O) groups is 1. The van der Waals surface area contributed by atoms with Gasteiger partial charge in [-0.15, -0.1) is 0 Å². The number of H-pyrrole nitrogens is 1. The predicted molar refractivity (Wildman–Crippen MR) is 56.0 cm³/mol. The third-order valence-corrected chi connectivity index (χ3v) is 2.70. The smallest absolute Gasteiger partial charge is 0.161 e. The van der Waals surface area contributed by atoms with Crippen LogP contribution in [0.25, 0.3) is 10.9 Å². The average Bonchev–Trinajstić information content (AvgIpc) is 2.48. The number of ketones is 1. The van der Waals surface area contributed by atoms with Crippen LogP contribution in [-0.4, -0.2) is 10.8 Å². The fourth-order valence-corrected chi connectivity index (χ4v) is 1.89. The summed E-state index contributed by atoms with van der Waals surface area (Å²) in [5.74, 6) is 0.0874. The number of benzene rings is 1. The highest BCUT2D eigenvalue weighted by Gasteiger charge is 2.08. The first-order valence-electron chi connectivity index (χ1n) is 3.96. The molecule has 1 aromatic carbocycles. The fourth-order valence-electron chi connectivity index (χ4n) is 1.41. The second-order valence-corrected chi connectivity index (χ2v) is 3.78. The monoisotopic (exact) mass is 237 g/mol. The molecular weight excluding hydrogens is 230 g/mol. The first kappa shape index (κ1) is 8.51. The number of hydrogen-bond acceptors (Lipinski definition) is 1. The normalized spacial score (nSPS) is 10.6. The molecule has 1 N–H and O–H groups in total. The Labute approximate surface area is 84.1 Å². The number of aromatic amines is 1. The molecule has 13 heavy (non-hydrogen) atoms. The SMILES string of the molecule is CC(=O)c1c[nH]c2c(Br)cccc12. The Kier molecular flexibility index (Phi) is 1.96. The highest BCUT2D eigenvalue weighted by Crippen LogP contribution is 2.25. The number of fused-ring (bicyclic) bond motifs is 1. The van der Waals surface area contributed by atoms with Gasteiger partial charge < -0.3 is 4.98 Å². The van der Waals surface area contributed by atoms with E-state index in [4.69, 9.17) is 0 Å². The maximum Gasteiger partial charge on any atom is 0.161 e. The van der Waals surface area contributed by atoms with Crippen molar-refractivity contribution in [3.8, 4) is 0 Å². The van der Waals surface area contributed by atoms with Crippen molar-refractivity contribution in [1.29, 1.82) is 0 Å². The van der Waals surface area contributed by atoms with E-state index < -0.39 is 0 Å². The first-order chi connectivity index (χ1) is 6.20. The Balaban J connectivity index is 2.83. The Bertz CT molecular complexity index is 473. The summed E-state index contributed by atoms with van der Waals surface area (Å²) in [5, 5.41) is 0.974. The van der Waals surface area contributed by atoms with Crippen LogP contribution in [0.3, 0.4) is 0 Å². The van der Waals surface area contributed by atoms with Gasteiger partial charge in [0, 0.05) is 21.6 Å². The fraction of sp³-hybridized carbons (Fsp3) is 0.100. The van der Waals surface area contributed by atoms with Crippen LogP contribution in [0, 0.1) is 0 Å². The second kappa shape index (κ2) is 3.00. The maximum atomic E-state index is 11.2. The van der Waals surface area contributed by atoms with Crippen molar-refractivity contribution < 1.29 is 4.79 Å². The Morgan fingerprint density at radius 3 is 2.92 bits per heavy atom. The average molecular weight is 238 g/mol. The van der Waals surface area contributed by atoms with Gasteiger partial charge in [-0.3, -0.25) is 4.79 Å². The maximum absolute atomic E-state index is 11.2. The minimum absolute atomic E-state index is 0.0874. The predicted octanol–water partition coefficient (Wildman–Crippen LogP) is 3.13. The zero-order valence-corrected chi connectivity index (χ0v) is 8.68. The second-order valence-electron chi connectivity index (χ2n) is 2.92. The van der Waals surface area contributed by atoms with Gasteiger partial charge in [-0.1, -0.05) is 12.1 Å². The highest BCUT2D eigenvalue weighted by atomic mass is 79.9. The molecule has 0 amide bonds. The largest absolute Gasteiger partial charge is 0.360 e. The van der Waals surface area contributed by atoms with Gasteiger partial charge in [0.25, 0.3) is 0 Å². The van der Waals surface area contributed by atoms with Crippen molar-refractivity contribution in [2.24, 2.45) is 0 Å². The van der Waals surface area contributed by atoms with Gasteiger partial charge in [0.15, 0.2) is 5.78 Å². The molecule has 0 atom stereocenters. The highest BCUT2D eigenvalue weighted by molar-refractivity contribution is 9.10. The van der Waals surface area contributed by atoms with Gasteiger partial charge in [0.2, 0.25) is 0 Å². The number of Topliss-reactive ketones (excluding diaryl/α,β-unsaturated/α-hetero) is 1. The quantitative estimate of drug-likeness (QED) is 0.760. The topological polar surface area (TPSA) is 32.9 Å². The molecule has 2 rings (SSSR count). The summed E-state index contributed by atoms with van der Waals surface area (Å²) < 4.78 is 0.984. The number of halogens is 1. The molecular formula is C10H8BrNO. The van der Waals surface area contributed by atoms with Crippen molar-refractivity contribution >= 4 is 32.6 Å². The third-order valence-electron chi connectivity index (χ3n) is 2.04. The van der Waals surface area contributed by atoms with E-state index >= 15 is 0 Å². The summed E-state index contributed by atoms with van der Waals surface area (Å²) in [4.78, 5) is 14.3. The molecule has 0 saturated heterocycles. The zero-order chi connectivity index (χ0) is 9.42. The van der Waals surface area contributed by atoms with Crippen LogP contribution in [0.4, 0.5) is 0 Å². The van der Waals surface area contributed by atoms with Gasteiger partial charge >= 0.3 is 0 Å². The number of aromatic nitrogens is 1. The summed E-state index contributed by atoms with van der Waals surface area (Å²) in [5.41, 5.74) is 1.73. The molecule has 0 saturated carbocycles. The molecule has 0 radical (unpaired) electrons. The number of nitrogens with one attached hydrogen (secondary N) is 1. The molecule has 0 aliphatic carbocycles. The first-order valence-corrected chi connectivity index (χ1v) is 4.76. The lowest BCUT2D eigenvalue weighted by molar-refractivity contribution is 0.101. The Morgan fingerprint density at radius 2 is 2.23 bits per heavy atom. The molecule has 66 valence electrons. The molecule has 2 nitrogen and oxygen atoms in total. The number of para-hydroxylation sites is 1. The van der Waals surface area contributed by atoms with E-state index in [1.165, 1.54) is 0 Å². The third kappa shape index (κ3) is 1.29. The zero-order valence-electron chi connectivity index (χ0n) is 7.10. The van der Waals surface area contributed by atoms with E-state index in [-0.39, 0.29) is 5.78 Å². The molecule has 1 heterocycles. The molecule has 0 fully saturated rings. The van der Waals surface area contributed by atoms with E-state index in [9.17, 15) is 4.79 Å². The van der Waals surface area contributed by atoms with Gasteiger partial charge in [-0.05, 0) is 28.9 Å². The van der Waals surface area contributed by atoms with Gasteiger partial charge in [-0.25, -0.2) is 0 Å². The van der Waals surface area contributed by atoms with Crippen molar-refractivity contribution in [2.45, 2.75) is 6.92 Å². The minimum Gasteiger partial charge on any atom is -0.360 e. The molecule has 0 spiro atoms. The van der Waals surface area contributed by atoms with Crippen LogP contribution in [0.2, 0.25) is 0 Å². The number of rotatable bonds is 1. The Morgan fingerprint density at radius 1 is 1.46 bits per heavy atom. The molecule has 1 aromatic heterocycles. The van der Waals surface area contributed by atoms with E-state index in [2.05, 4.69) is 20.9 Å². The van der Waals surface area contributed by atoms with Crippen LogP contribution >= 0.6 is 15.9 Å². The van der Waals surface area contributed by atoms with Crippen LogP contribution in [-0.2, 0) is 0 Å². The van der Waals surface area contributed by atoms with Crippen molar-refractivity contribution in [1.82, 2.24) is 4.98 Å². The van der Waals surface area contributed by atoms with Crippen LogP contribution in [0.15, 0.2) is 28.9 Å². The van der Waals surface area contributed by atoms with Gasteiger partial charge in [0.05, 0.1) is 5.52 Å². The molecule has 0 unspecified atom stereocenters. The van der Waals surface area contributed by atoms with Crippen LogP contribution in [0.1, 0.15) is 17.3 Å². The van der Waals surface area contributed by atoms with Crippen LogP contribution < -0.4 is 0 Å². The summed E-state index contributed by atoms with van der Waals surface area (Å²) in [6.45, 7) is 1.57. The minimum atomic E-state index is 0.0874. The van der Waals surface area contributed by atoms with E-state index in [1.54, 1.807) is 13.1 Å². The lowest BCUT2D eigenvalue weighted by Gasteiger charge is -1.94. The Hall–Kier alpha value is -1.09. The summed E-state index contributed by atoms with van der Waals surface area (Å²) in [6, 6.07) is 5.81. The van der Waals surface area contributed by atoms with E-state index in [1.807, 2.05) is 18.2 Å². The van der Waals surface area contributed by atoms with E-state index in [0.717, 1.165) is 20.9 Å². The number of carbonyl (C=O) groups excluding carboxylic acids is 1. The molecule has 0 bridgehead atoms. The molecule has 3 heteroatoms. The van der Waals surface area contributed by atoms with E-state index in [0.29, 0.717) is 0 Å². The lowest BCUT2D eigenvalue weighted by Crippen LogP contribution is -1.88. The van der Waals surface area contributed by atoms with Gasteiger partial charge in [0.1, 0.15) is 0 Å². The number of hydrogen-bond donors (Lipinski definition) is 1. The van der Waals surface area contributed by atoms with Crippen LogP contribution in [0.5, 0.6) is 0 Å². The van der Waals surface area contributed by atoms with Crippen molar-refractivity contribution in [3.05, 3.63) is 34.4 Å². The summed E-state index contributed by atoms with van der Waals surface area (Å²) in [6.07, 6.45) is 1.75. The standard InChI is InChI=1S/C10H8BrNO/c1-6(13)8-5-12-10-7(8)3-2-4-9(10)11/h2-5,12H,1H3. The lowest BCUT2D eigenvalue weighted by atomic mass is 10.1. The van der Waals surface area contributed by atoms with Crippen molar-refractivity contribution in [3.63, 3.8) is 0 Å². The van der Waals surface area contributed by atoms with Crippen molar-refractivity contribution in [2.75, 3.05) is 0 Å². The molecule has 2 aromatic rings. The molecule has 0 aliphatic rings. The summed E-state index contributed by atoms with van der Waals surface area (Å²) in [7, 11) is 0. The van der Waals surface area contributed by atoms with Gasteiger partial charge in [-0.2, -0.15) is 0 Å².